The van der Waals surface area contributed by atoms with Crippen LogP contribution < -0.4 is 10.6 Å². The molecule has 0 aliphatic heterocycles. The second-order valence-corrected chi connectivity index (χ2v) is 9.44. The van der Waals surface area contributed by atoms with E-state index < -0.39 is 9.84 Å². The molecular weight excluding hydrogens is 501 g/mol. The second-order valence-electron chi connectivity index (χ2n) is 7.18. The Morgan fingerprint density at radius 3 is 2.48 bits per heavy atom. The summed E-state index contributed by atoms with van der Waals surface area (Å²) in [6, 6.07) is 10.3. The zero-order valence-electron chi connectivity index (χ0n) is 17.8. The van der Waals surface area contributed by atoms with E-state index in [-0.39, 0.29) is 35.8 Å². The van der Waals surface area contributed by atoms with Crippen LogP contribution in [0, 0.1) is 13.8 Å². The van der Waals surface area contributed by atoms with E-state index in [1.54, 1.807) is 7.05 Å². The number of benzene rings is 1. The van der Waals surface area contributed by atoms with E-state index in [9.17, 15) is 8.42 Å². The van der Waals surface area contributed by atoms with Crippen molar-refractivity contribution in [2.45, 2.75) is 46.3 Å². The maximum Gasteiger partial charge on any atom is 0.191 e. The van der Waals surface area contributed by atoms with Crippen LogP contribution in [-0.4, -0.2) is 49.3 Å². The molecule has 0 amide bonds. The van der Waals surface area contributed by atoms with Gasteiger partial charge in [-0.05, 0) is 32.8 Å². The highest BCUT2D eigenvalue weighted by Crippen LogP contribution is 2.14. The molecule has 29 heavy (non-hydrogen) atoms. The van der Waals surface area contributed by atoms with Crippen molar-refractivity contribution >= 4 is 39.8 Å². The summed E-state index contributed by atoms with van der Waals surface area (Å²) in [5.41, 5.74) is 4.46. The first-order valence-corrected chi connectivity index (χ1v) is 11.5. The van der Waals surface area contributed by atoms with Gasteiger partial charge in [-0.1, -0.05) is 30.3 Å². The maximum atomic E-state index is 11.3. The Balaban J connectivity index is 0.00000420. The summed E-state index contributed by atoms with van der Waals surface area (Å²) in [4.78, 5) is 4.24. The van der Waals surface area contributed by atoms with Crippen LogP contribution in [0.15, 0.2) is 35.3 Å². The summed E-state index contributed by atoms with van der Waals surface area (Å²) >= 11 is 0. The molecule has 2 N–H and O–H groups in total. The normalized spacial score (nSPS) is 12.9. The van der Waals surface area contributed by atoms with Gasteiger partial charge < -0.3 is 10.6 Å². The predicted molar refractivity (Wildman–Crippen MR) is 130 cm³/mol. The summed E-state index contributed by atoms with van der Waals surface area (Å²) in [5.74, 6) is 0.804. The quantitative estimate of drug-likeness (QED) is 0.310. The van der Waals surface area contributed by atoms with Gasteiger partial charge in [-0.15, -0.1) is 24.0 Å². The van der Waals surface area contributed by atoms with Gasteiger partial charge in [0.05, 0.1) is 18.0 Å². The van der Waals surface area contributed by atoms with E-state index in [0.29, 0.717) is 18.9 Å². The average molecular weight is 533 g/mol. The van der Waals surface area contributed by atoms with Gasteiger partial charge in [0.2, 0.25) is 0 Å². The number of aliphatic imine (C=N–C) groups is 1. The Morgan fingerprint density at radius 1 is 1.24 bits per heavy atom. The van der Waals surface area contributed by atoms with Gasteiger partial charge in [-0.2, -0.15) is 5.10 Å². The number of nitrogens with zero attached hydrogens (tertiary/aromatic N) is 3. The first-order chi connectivity index (χ1) is 13.2. The molecule has 1 aromatic carbocycles. The monoisotopic (exact) mass is 533 g/mol. The van der Waals surface area contributed by atoms with Gasteiger partial charge in [0.15, 0.2) is 5.96 Å². The number of halogens is 1. The zero-order valence-corrected chi connectivity index (χ0v) is 20.9. The van der Waals surface area contributed by atoms with E-state index in [1.807, 2.05) is 36.7 Å². The van der Waals surface area contributed by atoms with Gasteiger partial charge in [0.25, 0.3) is 0 Å². The van der Waals surface area contributed by atoms with Crippen LogP contribution in [0.25, 0.3) is 0 Å². The van der Waals surface area contributed by atoms with Crippen molar-refractivity contribution in [3.8, 4) is 0 Å². The van der Waals surface area contributed by atoms with Crippen molar-refractivity contribution < 1.29 is 8.42 Å². The largest absolute Gasteiger partial charge is 0.354 e. The third-order valence-electron chi connectivity index (χ3n) is 4.67. The van der Waals surface area contributed by atoms with E-state index >= 15 is 0 Å². The number of sulfone groups is 1. The Labute approximate surface area is 191 Å². The number of aromatic nitrogens is 2. The molecule has 1 aromatic heterocycles. The molecule has 0 fully saturated rings. The molecule has 1 atom stereocenters. The molecule has 1 unspecified atom stereocenters. The summed E-state index contributed by atoms with van der Waals surface area (Å²) in [6.45, 7) is 7.38. The topological polar surface area (TPSA) is 88.4 Å². The minimum absolute atomic E-state index is 0. The van der Waals surface area contributed by atoms with Gasteiger partial charge in [0, 0.05) is 37.1 Å². The van der Waals surface area contributed by atoms with E-state index in [2.05, 4.69) is 39.8 Å². The van der Waals surface area contributed by atoms with Crippen LogP contribution in [0.1, 0.15) is 35.9 Å². The van der Waals surface area contributed by atoms with Crippen LogP contribution in [0.4, 0.5) is 0 Å². The standard InChI is InChI=1S/C20H31N5O2S.HI/c1-15(11-12-28(5,26)27)23-20(21-4)22-13-19-16(2)24-25(17(19)3)14-18-9-7-6-8-10-18;/h6-10,15H,11-14H2,1-5H3,(H2,21,22,23);1H. The summed E-state index contributed by atoms with van der Waals surface area (Å²) in [5, 5.41) is 11.2. The van der Waals surface area contributed by atoms with Crippen molar-refractivity contribution in [1.82, 2.24) is 20.4 Å². The Morgan fingerprint density at radius 2 is 1.90 bits per heavy atom. The van der Waals surface area contributed by atoms with Crippen LogP contribution in [0.3, 0.4) is 0 Å². The van der Waals surface area contributed by atoms with Crippen LogP contribution >= 0.6 is 24.0 Å². The smallest absolute Gasteiger partial charge is 0.191 e. The lowest BCUT2D eigenvalue weighted by molar-refractivity contribution is 0.581. The fraction of sp³-hybridized carbons (Fsp3) is 0.500. The highest BCUT2D eigenvalue weighted by molar-refractivity contribution is 14.0. The fourth-order valence-corrected chi connectivity index (χ4v) is 3.75. The number of nitrogens with one attached hydrogen (secondary N) is 2. The number of guanidine groups is 1. The van der Waals surface area contributed by atoms with Crippen molar-refractivity contribution in [1.29, 1.82) is 0 Å². The number of hydrogen-bond donors (Lipinski definition) is 2. The SMILES string of the molecule is CN=C(NCc1c(C)nn(Cc2ccccc2)c1C)NC(C)CCS(C)(=O)=O.I. The second kappa shape index (κ2) is 11.5. The highest BCUT2D eigenvalue weighted by Gasteiger charge is 2.14. The average Bonchev–Trinajstić information content (AvgIpc) is 2.90. The Kier molecular flexibility index (Phi) is 10.1. The van der Waals surface area contributed by atoms with Crippen molar-refractivity contribution in [3.05, 3.63) is 52.8 Å². The van der Waals surface area contributed by atoms with Crippen molar-refractivity contribution in [3.63, 3.8) is 0 Å². The molecule has 7 nitrogen and oxygen atoms in total. The first-order valence-electron chi connectivity index (χ1n) is 9.41. The van der Waals surface area contributed by atoms with Crippen LogP contribution in [0.2, 0.25) is 0 Å². The maximum absolute atomic E-state index is 11.3. The molecule has 0 saturated heterocycles. The van der Waals surface area contributed by atoms with Crippen LogP contribution in [0.5, 0.6) is 0 Å². The molecule has 1 heterocycles. The first kappa shape index (κ1) is 25.4. The number of rotatable bonds is 8. The van der Waals surface area contributed by atoms with Crippen LogP contribution in [-0.2, 0) is 22.9 Å². The van der Waals surface area contributed by atoms with Crippen molar-refractivity contribution in [2.75, 3.05) is 19.1 Å². The molecule has 0 radical (unpaired) electrons. The Bertz CT molecular complexity index is 910. The third-order valence-corrected chi connectivity index (χ3v) is 5.64. The molecule has 0 aliphatic rings. The lowest BCUT2D eigenvalue weighted by Crippen LogP contribution is -2.42. The summed E-state index contributed by atoms with van der Waals surface area (Å²) in [6.07, 6.45) is 1.79. The molecule has 162 valence electrons. The van der Waals surface area contributed by atoms with Gasteiger partial charge in [0.1, 0.15) is 9.84 Å². The van der Waals surface area contributed by atoms with Gasteiger partial charge in [-0.25, -0.2) is 8.42 Å². The Hall–Kier alpha value is -1.62. The molecule has 9 heteroatoms. The molecule has 0 bridgehead atoms. The third kappa shape index (κ3) is 8.33. The minimum Gasteiger partial charge on any atom is -0.354 e. The summed E-state index contributed by atoms with van der Waals surface area (Å²) < 4.78 is 24.7. The molecule has 2 aromatic rings. The summed E-state index contributed by atoms with van der Waals surface area (Å²) in [7, 11) is -1.26. The lowest BCUT2D eigenvalue weighted by atomic mass is 10.2. The van der Waals surface area contributed by atoms with E-state index in [1.165, 1.54) is 11.8 Å². The lowest BCUT2D eigenvalue weighted by Gasteiger charge is -2.17. The van der Waals surface area contributed by atoms with E-state index in [4.69, 9.17) is 0 Å². The van der Waals surface area contributed by atoms with Crippen molar-refractivity contribution in [2.24, 2.45) is 4.99 Å². The molecule has 0 spiro atoms. The highest BCUT2D eigenvalue weighted by atomic mass is 127. The van der Waals surface area contributed by atoms with Gasteiger partial charge >= 0.3 is 0 Å². The molecule has 2 rings (SSSR count). The molecule has 0 aliphatic carbocycles. The number of hydrogen-bond acceptors (Lipinski definition) is 4. The minimum atomic E-state index is -2.96. The zero-order chi connectivity index (χ0) is 20.7. The predicted octanol–water partition coefficient (Wildman–Crippen LogP) is 2.65. The molecular formula is C20H32IN5O2S. The fourth-order valence-electron chi connectivity index (χ4n) is 2.96. The molecule has 0 saturated carbocycles. The van der Waals surface area contributed by atoms with E-state index in [0.717, 1.165) is 23.5 Å². The van der Waals surface area contributed by atoms with Gasteiger partial charge in [-0.3, -0.25) is 9.67 Å². The number of aryl methyl sites for hydroxylation is 1.